The molecule has 1 unspecified atom stereocenters. The van der Waals surface area contributed by atoms with Crippen LogP contribution in [0.15, 0.2) is 0 Å². The highest BCUT2D eigenvalue weighted by Crippen LogP contribution is 2.10. The van der Waals surface area contributed by atoms with Crippen LogP contribution in [-0.2, 0) is 0 Å². The third-order valence-corrected chi connectivity index (χ3v) is 2.10. The predicted molar refractivity (Wildman–Crippen MR) is 65.3 cm³/mol. The van der Waals surface area contributed by atoms with E-state index < -0.39 is 0 Å². The quantitative estimate of drug-likeness (QED) is 0.598. The Kier molecular flexibility index (Phi) is 5.41. The summed E-state index contributed by atoms with van der Waals surface area (Å²) >= 11 is 0. The van der Waals surface area contributed by atoms with Gasteiger partial charge in [-0.05, 0) is 19.8 Å². The van der Waals surface area contributed by atoms with E-state index in [4.69, 9.17) is 9.84 Å². The van der Waals surface area contributed by atoms with Crippen LogP contribution in [-0.4, -0.2) is 46.9 Å². The molecule has 7 nitrogen and oxygen atoms in total. The molecule has 0 amide bonds. The predicted octanol–water partition coefficient (Wildman–Crippen LogP) is 0.495. The van der Waals surface area contributed by atoms with E-state index in [9.17, 15) is 0 Å². The molecule has 0 fully saturated rings. The van der Waals surface area contributed by atoms with Gasteiger partial charge in [0, 0.05) is 13.6 Å². The molecule has 3 N–H and O–H groups in total. The maximum atomic E-state index is 9.11. The molecule has 1 aromatic heterocycles. The summed E-state index contributed by atoms with van der Waals surface area (Å²) in [4.78, 5) is 12.2. The summed E-state index contributed by atoms with van der Waals surface area (Å²) < 4.78 is 4.96. The Labute approximate surface area is 101 Å². The van der Waals surface area contributed by atoms with Crippen molar-refractivity contribution in [1.29, 1.82) is 0 Å². The summed E-state index contributed by atoms with van der Waals surface area (Å²) in [5.41, 5.74) is 0. The van der Waals surface area contributed by atoms with Crippen LogP contribution in [0.3, 0.4) is 0 Å². The number of nitrogens with one attached hydrogen (secondary N) is 2. The molecule has 0 aromatic carbocycles. The van der Waals surface area contributed by atoms with Gasteiger partial charge in [0.15, 0.2) is 0 Å². The monoisotopic (exact) mass is 241 g/mol. The standard InChI is InChI=1S/C10H19N5O2/c1-7(16)5-4-6-12-9-13-8(11-2)14-10(15-9)17-3/h7,16H,4-6H2,1-3H3,(H2,11,12,13,14,15). The van der Waals surface area contributed by atoms with E-state index in [-0.39, 0.29) is 12.1 Å². The normalized spacial score (nSPS) is 12.0. The van der Waals surface area contributed by atoms with E-state index in [0.717, 1.165) is 12.8 Å². The van der Waals surface area contributed by atoms with Crippen molar-refractivity contribution >= 4 is 11.9 Å². The Morgan fingerprint density at radius 1 is 1.29 bits per heavy atom. The van der Waals surface area contributed by atoms with Crippen LogP contribution in [0.4, 0.5) is 11.9 Å². The first-order valence-electron chi connectivity index (χ1n) is 5.55. The Morgan fingerprint density at radius 2 is 2.00 bits per heavy atom. The van der Waals surface area contributed by atoms with Gasteiger partial charge in [-0.1, -0.05) is 0 Å². The number of aromatic nitrogens is 3. The van der Waals surface area contributed by atoms with Gasteiger partial charge in [0.05, 0.1) is 13.2 Å². The molecule has 0 aliphatic heterocycles. The van der Waals surface area contributed by atoms with E-state index in [1.54, 1.807) is 14.0 Å². The summed E-state index contributed by atoms with van der Waals surface area (Å²) in [6.07, 6.45) is 1.31. The van der Waals surface area contributed by atoms with Crippen molar-refractivity contribution in [1.82, 2.24) is 15.0 Å². The maximum absolute atomic E-state index is 9.11. The number of nitrogens with zero attached hydrogens (tertiary/aromatic N) is 3. The molecule has 0 aliphatic rings. The first kappa shape index (κ1) is 13.4. The van der Waals surface area contributed by atoms with E-state index in [0.29, 0.717) is 18.4 Å². The molecule has 0 saturated carbocycles. The lowest BCUT2D eigenvalue weighted by atomic mass is 10.2. The van der Waals surface area contributed by atoms with E-state index in [1.165, 1.54) is 7.11 Å². The van der Waals surface area contributed by atoms with Crippen LogP contribution < -0.4 is 15.4 Å². The minimum Gasteiger partial charge on any atom is -0.467 e. The van der Waals surface area contributed by atoms with Crippen LogP contribution in [0.1, 0.15) is 19.8 Å². The second-order valence-corrected chi connectivity index (χ2v) is 3.64. The molecule has 1 rings (SSSR count). The molecule has 0 radical (unpaired) electrons. The van der Waals surface area contributed by atoms with Gasteiger partial charge in [0.1, 0.15) is 0 Å². The lowest BCUT2D eigenvalue weighted by Gasteiger charge is -2.08. The average Bonchev–Trinajstić information content (AvgIpc) is 2.34. The molecular weight excluding hydrogens is 222 g/mol. The Hall–Kier alpha value is -1.63. The van der Waals surface area contributed by atoms with E-state index in [2.05, 4.69) is 25.6 Å². The summed E-state index contributed by atoms with van der Waals surface area (Å²) in [6, 6.07) is 0.266. The second-order valence-electron chi connectivity index (χ2n) is 3.64. The number of aliphatic hydroxyl groups excluding tert-OH is 1. The van der Waals surface area contributed by atoms with E-state index >= 15 is 0 Å². The molecule has 0 aliphatic carbocycles. The largest absolute Gasteiger partial charge is 0.467 e. The Bertz CT molecular complexity index is 323. The smallest absolute Gasteiger partial charge is 0.322 e. The van der Waals surface area contributed by atoms with Crippen LogP contribution in [0.2, 0.25) is 0 Å². The summed E-state index contributed by atoms with van der Waals surface area (Å²) in [5.74, 6) is 0.918. The first-order chi connectivity index (χ1) is 8.15. The van der Waals surface area contributed by atoms with Gasteiger partial charge in [-0.25, -0.2) is 0 Å². The number of anilines is 2. The van der Waals surface area contributed by atoms with Crippen molar-refractivity contribution in [2.45, 2.75) is 25.9 Å². The lowest BCUT2D eigenvalue weighted by molar-refractivity contribution is 0.183. The van der Waals surface area contributed by atoms with Gasteiger partial charge in [-0.3, -0.25) is 0 Å². The van der Waals surface area contributed by atoms with Crippen molar-refractivity contribution in [3.05, 3.63) is 0 Å². The minimum absolute atomic E-state index is 0.266. The van der Waals surface area contributed by atoms with Crippen LogP contribution >= 0.6 is 0 Å². The highest BCUT2D eigenvalue weighted by atomic mass is 16.5. The fraction of sp³-hybridized carbons (Fsp3) is 0.700. The van der Waals surface area contributed by atoms with Gasteiger partial charge in [0.25, 0.3) is 0 Å². The summed E-state index contributed by atoms with van der Waals surface area (Å²) in [7, 11) is 3.23. The Balaban J connectivity index is 2.51. The number of methoxy groups -OCH3 is 1. The molecule has 0 spiro atoms. The topological polar surface area (TPSA) is 92.2 Å². The summed E-state index contributed by atoms with van der Waals surface area (Å²) in [5, 5.41) is 15.0. The second kappa shape index (κ2) is 6.85. The van der Waals surface area contributed by atoms with Crippen molar-refractivity contribution < 1.29 is 9.84 Å². The third-order valence-electron chi connectivity index (χ3n) is 2.10. The molecule has 1 heterocycles. The van der Waals surface area contributed by atoms with Crippen molar-refractivity contribution in [2.75, 3.05) is 31.3 Å². The van der Waals surface area contributed by atoms with E-state index in [1.807, 2.05) is 0 Å². The van der Waals surface area contributed by atoms with Gasteiger partial charge in [-0.15, -0.1) is 0 Å². The number of rotatable bonds is 7. The number of ether oxygens (including phenoxy) is 1. The van der Waals surface area contributed by atoms with Gasteiger partial charge < -0.3 is 20.5 Å². The third kappa shape index (κ3) is 4.81. The molecule has 17 heavy (non-hydrogen) atoms. The van der Waals surface area contributed by atoms with Crippen LogP contribution in [0.25, 0.3) is 0 Å². The zero-order valence-electron chi connectivity index (χ0n) is 10.4. The SMILES string of the molecule is CNc1nc(NCCCC(C)O)nc(OC)n1. The average molecular weight is 241 g/mol. The number of aliphatic hydroxyl groups is 1. The summed E-state index contributed by atoms with van der Waals surface area (Å²) in [6.45, 7) is 2.46. The Morgan fingerprint density at radius 3 is 2.59 bits per heavy atom. The molecular formula is C10H19N5O2. The molecule has 0 bridgehead atoms. The molecule has 7 heteroatoms. The van der Waals surface area contributed by atoms with Crippen LogP contribution in [0.5, 0.6) is 6.01 Å². The first-order valence-corrected chi connectivity index (χ1v) is 5.55. The van der Waals surface area contributed by atoms with Crippen molar-refractivity contribution in [2.24, 2.45) is 0 Å². The van der Waals surface area contributed by atoms with Crippen molar-refractivity contribution in [3.8, 4) is 6.01 Å². The number of hydrogen-bond acceptors (Lipinski definition) is 7. The van der Waals surface area contributed by atoms with Crippen LogP contribution in [0, 0.1) is 0 Å². The fourth-order valence-corrected chi connectivity index (χ4v) is 1.24. The molecule has 96 valence electrons. The lowest BCUT2D eigenvalue weighted by Crippen LogP contribution is -2.11. The van der Waals surface area contributed by atoms with Gasteiger partial charge >= 0.3 is 6.01 Å². The maximum Gasteiger partial charge on any atom is 0.322 e. The number of hydrogen-bond donors (Lipinski definition) is 3. The molecule has 0 saturated heterocycles. The zero-order chi connectivity index (χ0) is 12.7. The minimum atomic E-state index is -0.280. The van der Waals surface area contributed by atoms with Gasteiger partial charge in [-0.2, -0.15) is 15.0 Å². The highest BCUT2D eigenvalue weighted by Gasteiger charge is 2.05. The highest BCUT2D eigenvalue weighted by molar-refractivity contribution is 5.35. The zero-order valence-corrected chi connectivity index (χ0v) is 10.4. The molecule has 1 atom stereocenters. The fourth-order valence-electron chi connectivity index (χ4n) is 1.24. The van der Waals surface area contributed by atoms with Gasteiger partial charge in [0.2, 0.25) is 11.9 Å². The van der Waals surface area contributed by atoms with Crippen molar-refractivity contribution in [3.63, 3.8) is 0 Å². The molecule has 1 aromatic rings.